The van der Waals surface area contributed by atoms with Crippen molar-refractivity contribution in [2.45, 2.75) is 18.4 Å². The molecule has 0 amide bonds. The van der Waals surface area contributed by atoms with Crippen LogP contribution in [-0.2, 0) is 31.5 Å². The number of carboxylic acids is 3. The maximum Gasteiger partial charge on any atom is 0.114 e. The summed E-state index contributed by atoms with van der Waals surface area (Å²) in [4.78, 5) is 30.0. The second-order valence-electron chi connectivity index (χ2n) is 2.42. The molecule has 0 bridgehead atoms. The molecule has 7 nitrogen and oxygen atoms in total. The first-order valence-electron chi connectivity index (χ1n) is 3.11. The van der Waals surface area contributed by atoms with Gasteiger partial charge in [-0.2, -0.15) is 0 Å². The summed E-state index contributed by atoms with van der Waals surface area (Å²) in [5, 5.41) is 38.9. The number of hydrogen-bond acceptors (Lipinski definition) is 7. The molecule has 0 saturated carbocycles. The Kier molecular flexibility index (Phi) is 6.13. The maximum atomic E-state index is 10.1. The number of rotatable bonds is 5. The van der Waals surface area contributed by atoms with Crippen LogP contribution in [0.4, 0.5) is 0 Å². The second kappa shape index (κ2) is 5.58. The van der Waals surface area contributed by atoms with E-state index in [-0.39, 0.29) is 17.1 Å². The van der Waals surface area contributed by atoms with Crippen molar-refractivity contribution < 1.29 is 51.9 Å². The molecule has 0 saturated heterocycles. The van der Waals surface area contributed by atoms with Crippen molar-refractivity contribution in [1.29, 1.82) is 0 Å². The summed E-state index contributed by atoms with van der Waals surface area (Å²) in [7, 11) is 0. The Morgan fingerprint density at radius 1 is 1.00 bits per heavy atom. The summed E-state index contributed by atoms with van der Waals surface area (Å²) in [6.45, 7) is 0. The Bertz CT molecular complexity index is 233. The Morgan fingerprint density at radius 2 is 1.29 bits per heavy atom. The number of aliphatic hydroxyl groups is 1. The van der Waals surface area contributed by atoms with E-state index in [0.717, 1.165) is 0 Å². The van der Waals surface area contributed by atoms with Gasteiger partial charge in [0.25, 0.3) is 0 Å². The van der Waals surface area contributed by atoms with Crippen LogP contribution in [0.3, 0.4) is 0 Å². The van der Waals surface area contributed by atoms with E-state index >= 15 is 0 Å². The first-order chi connectivity index (χ1) is 5.78. The molecule has 0 fully saturated rings. The van der Waals surface area contributed by atoms with Crippen molar-refractivity contribution in [3.05, 3.63) is 0 Å². The van der Waals surface area contributed by atoms with Crippen molar-refractivity contribution in [1.82, 2.24) is 0 Å². The van der Waals surface area contributed by atoms with Crippen LogP contribution in [0, 0.1) is 0 Å². The first kappa shape index (κ1) is 15.4. The van der Waals surface area contributed by atoms with E-state index in [0.29, 0.717) is 0 Å². The molecule has 0 aromatic rings. The molecular weight excluding hydrogens is 240 g/mol. The fourth-order valence-corrected chi connectivity index (χ4v) is 0.684. The molecule has 0 radical (unpaired) electrons. The van der Waals surface area contributed by atoms with Gasteiger partial charge in [-0.05, 0) is 0 Å². The van der Waals surface area contributed by atoms with E-state index in [1.54, 1.807) is 0 Å². The average molecular weight is 245 g/mol. The van der Waals surface area contributed by atoms with Gasteiger partial charge in [-0.25, -0.2) is 0 Å². The fraction of sp³-hybridized carbons (Fsp3) is 0.500. The molecular formula is C6H5FeO7-3. The minimum atomic E-state index is -2.97. The molecule has 0 spiro atoms. The monoisotopic (exact) mass is 245 g/mol. The second-order valence-corrected chi connectivity index (χ2v) is 2.42. The third-order valence-corrected chi connectivity index (χ3v) is 1.25. The van der Waals surface area contributed by atoms with Gasteiger partial charge >= 0.3 is 0 Å². The molecule has 0 rings (SSSR count). The minimum Gasteiger partial charge on any atom is -0.550 e. The van der Waals surface area contributed by atoms with Crippen molar-refractivity contribution in [2.75, 3.05) is 0 Å². The molecule has 0 aliphatic carbocycles. The molecule has 0 aliphatic heterocycles. The minimum absolute atomic E-state index is 0. The summed E-state index contributed by atoms with van der Waals surface area (Å²) >= 11 is 0. The number of aliphatic carboxylic acids is 3. The van der Waals surface area contributed by atoms with E-state index in [2.05, 4.69) is 0 Å². The van der Waals surface area contributed by atoms with Gasteiger partial charge in [-0.3, -0.25) is 0 Å². The number of carboxylic acid groups (broad SMARTS) is 3. The Labute approximate surface area is 88.8 Å². The molecule has 0 atom stereocenters. The largest absolute Gasteiger partial charge is 0.550 e. The van der Waals surface area contributed by atoms with Crippen LogP contribution < -0.4 is 15.3 Å². The summed E-state index contributed by atoms with van der Waals surface area (Å²) in [6.07, 6.45) is -2.72. The number of carbonyl (C=O) groups excluding carboxylic acids is 3. The van der Waals surface area contributed by atoms with Crippen molar-refractivity contribution in [3.8, 4) is 0 Å². The summed E-state index contributed by atoms with van der Waals surface area (Å²) in [5.41, 5.74) is -2.97. The number of carbonyl (C=O) groups is 3. The SMILES string of the molecule is O=C([O-])CC(O)(CC(=O)[O-])C(=O)[O-].[Fe]. The van der Waals surface area contributed by atoms with Gasteiger partial charge in [0.05, 0.1) is 5.97 Å². The number of hydrogen-bond donors (Lipinski definition) is 1. The molecule has 0 unspecified atom stereocenters. The Balaban J connectivity index is 0. The van der Waals surface area contributed by atoms with E-state index in [1.165, 1.54) is 0 Å². The maximum absolute atomic E-state index is 10.1. The van der Waals surface area contributed by atoms with Gasteiger partial charge in [0.2, 0.25) is 0 Å². The fourth-order valence-electron chi connectivity index (χ4n) is 0.684. The van der Waals surface area contributed by atoms with Crippen molar-refractivity contribution in [2.24, 2.45) is 0 Å². The van der Waals surface area contributed by atoms with E-state index in [9.17, 15) is 29.7 Å². The van der Waals surface area contributed by atoms with Crippen LogP contribution in [0.2, 0.25) is 0 Å². The predicted octanol–water partition coefficient (Wildman–Crippen LogP) is -5.26. The smallest absolute Gasteiger partial charge is 0.114 e. The van der Waals surface area contributed by atoms with Crippen LogP contribution in [0.1, 0.15) is 12.8 Å². The third kappa shape index (κ3) is 4.80. The quantitative estimate of drug-likeness (QED) is 0.477. The molecule has 0 aromatic carbocycles. The zero-order valence-electron chi connectivity index (χ0n) is 6.66. The van der Waals surface area contributed by atoms with Crippen molar-refractivity contribution >= 4 is 17.9 Å². The summed E-state index contributed by atoms with van der Waals surface area (Å²) in [5.74, 6) is -5.98. The van der Waals surface area contributed by atoms with Crippen LogP contribution in [0.15, 0.2) is 0 Å². The van der Waals surface area contributed by atoms with Gasteiger partial charge in [-0.1, -0.05) is 0 Å². The third-order valence-electron chi connectivity index (χ3n) is 1.25. The molecule has 0 heterocycles. The van der Waals surface area contributed by atoms with Gasteiger partial charge in [-0.15, -0.1) is 0 Å². The van der Waals surface area contributed by atoms with Gasteiger partial charge in [0, 0.05) is 41.8 Å². The van der Waals surface area contributed by atoms with Crippen LogP contribution >= 0.6 is 0 Å². The van der Waals surface area contributed by atoms with Crippen LogP contribution in [0.5, 0.6) is 0 Å². The van der Waals surface area contributed by atoms with Crippen molar-refractivity contribution in [3.63, 3.8) is 0 Å². The van der Waals surface area contributed by atoms with Crippen LogP contribution in [-0.4, -0.2) is 28.6 Å². The molecule has 8 heteroatoms. The topological polar surface area (TPSA) is 141 Å². The van der Waals surface area contributed by atoms with Crippen LogP contribution in [0.25, 0.3) is 0 Å². The van der Waals surface area contributed by atoms with E-state index in [1.807, 2.05) is 0 Å². The summed E-state index contributed by atoms with van der Waals surface area (Å²) < 4.78 is 0. The Morgan fingerprint density at radius 3 is 1.43 bits per heavy atom. The predicted molar refractivity (Wildman–Crippen MR) is 29.2 cm³/mol. The van der Waals surface area contributed by atoms with Gasteiger partial charge < -0.3 is 34.8 Å². The zero-order valence-corrected chi connectivity index (χ0v) is 7.77. The molecule has 14 heavy (non-hydrogen) atoms. The average Bonchev–Trinajstić information content (AvgIpc) is 1.82. The van der Waals surface area contributed by atoms with Gasteiger partial charge in [0.15, 0.2) is 0 Å². The summed E-state index contributed by atoms with van der Waals surface area (Å²) in [6, 6.07) is 0. The molecule has 1 N–H and O–H groups in total. The van der Waals surface area contributed by atoms with E-state index < -0.39 is 36.4 Å². The first-order valence-corrected chi connectivity index (χ1v) is 3.11. The standard InChI is InChI=1S/C6H8O7.Fe/c7-3(8)1-6(13,5(11)12)2-4(9)10;/h13H,1-2H2,(H,7,8)(H,9,10)(H,11,12);/p-3. The zero-order chi connectivity index (χ0) is 10.6. The Hall–Kier alpha value is -1.11. The van der Waals surface area contributed by atoms with E-state index in [4.69, 9.17) is 5.11 Å². The van der Waals surface area contributed by atoms with Gasteiger partial charge in [0.1, 0.15) is 5.60 Å². The molecule has 0 aliphatic rings. The normalized spacial score (nSPS) is 10.1. The molecule has 0 aromatic heterocycles. The molecule has 82 valence electrons.